The van der Waals surface area contributed by atoms with Gasteiger partial charge in [-0.2, -0.15) is 0 Å². The van der Waals surface area contributed by atoms with Crippen molar-refractivity contribution in [2.75, 3.05) is 44.5 Å². The number of nitrogens with zero attached hydrogens (tertiary/aromatic N) is 3. The molecule has 1 atom stereocenters. The minimum absolute atomic E-state index is 0.0332. The van der Waals surface area contributed by atoms with Gasteiger partial charge in [0.15, 0.2) is 0 Å². The molecule has 1 unspecified atom stereocenters. The maximum absolute atomic E-state index is 13.0. The normalized spacial score (nSPS) is 19.3. The Balaban J connectivity index is 1.61. The maximum atomic E-state index is 13.0. The van der Waals surface area contributed by atoms with Crippen molar-refractivity contribution in [2.45, 2.75) is 52.0 Å². The van der Waals surface area contributed by atoms with E-state index >= 15 is 0 Å². The van der Waals surface area contributed by atoms with Gasteiger partial charge < -0.3 is 19.9 Å². The van der Waals surface area contributed by atoms with Gasteiger partial charge in [0.05, 0.1) is 23.7 Å². The number of likely N-dealkylation sites (tertiary alicyclic amines) is 1. The number of hydrogen-bond donors (Lipinski definition) is 1. The van der Waals surface area contributed by atoms with Crippen LogP contribution in [0.1, 0.15) is 60.8 Å². The number of ether oxygens (including phenoxy) is 1. The lowest BCUT2D eigenvalue weighted by atomic mass is 9.89. The molecule has 1 N–H and O–H groups in total. The molecule has 3 rings (SSSR count). The van der Waals surface area contributed by atoms with Crippen molar-refractivity contribution in [3.05, 3.63) is 29.1 Å². The van der Waals surface area contributed by atoms with E-state index in [-0.39, 0.29) is 29.7 Å². The Bertz CT molecular complexity index is 826. The number of nitrogens with one attached hydrogen (secondary N) is 1. The minimum atomic E-state index is -0.359. The maximum Gasteiger partial charge on any atom is 0.253 e. The standard InChI is InChI=1S/C23H34N4O4S/c1-4-12-31-13-9-24-22(29)19-6-5-16(2)25-21(19)18-7-10-26(11-8-18)23(30)20-14-32-15-27(20)17(3)28/h5-6,18,20H,4,7-15H2,1-3H3,(H,24,29). The second-order valence-corrected chi connectivity index (χ2v) is 9.36. The van der Waals surface area contributed by atoms with Crippen LogP contribution in [0.5, 0.6) is 0 Å². The largest absolute Gasteiger partial charge is 0.380 e. The number of pyridine rings is 1. The van der Waals surface area contributed by atoms with Crippen molar-refractivity contribution in [1.82, 2.24) is 20.1 Å². The molecule has 2 aliphatic heterocycles. The van der Waals surface area contributed by atoms with Crippen LogP contribution in [0.15, 0.2) is 12.1 Å². The molecule has 32 heavy (non-hydrogen) atoms. The Kier molecular flexibility index (Phi) is 8.92. The molecule has 9 heteroatoms. The third-order valence-corrected chi connectivity index (χ3v) is 6.97. The van der Waals surface area contributed by atoms with Gasteiger partial charge in [-0.3, -0.25) is 19.4 Å². The van der Waals surface area contributed by atoms with Gasteiger partial charge >= 0.3 is 0 Å². The van der Waals surface area contributed by atoms with Crippen LogP contribution in [0, 0.1) is 6.92 Å². The number of piperidine rings is 1. The summed E-state index contributed by atoms with van der Waals surface area (Å²) in [6.45, 7) is 8.36. The predicted octanol–water partition coefficient (Wildman–Crippen LogP) is 2.17. The molecule has 0 aromatic carbocycles. The number of aryl methyl sites for hydroxylation is 1. The molecule has 2 saturated heterocycles. The molecule has 2 fully saturated rings. The fourth-order valence-corrected chi connectivity index (χ4v) is 5.41. The zero-order chi connectivity index (χ0) is 23.1. The van der Waals surface area contributed by atoms with E-state index in [4.69, 9.17) is 9.72 Å². The van der Waals surface area contributed by atoms with Crippen LogP contribution in [0.3, 0.4) is 0 Å². The topological polar surface area (TPSA) is 91.8 Å². The fourth-order valence-electron chi connectivity index (χ4n) is 4.20. The number of carbonyl (C=O) groups is 3. The number of aromatic nitrogens is 1. The quantitative estimate of drug-likeness (QED) is 0.596. The van der Waals surface area contributed by atoms with Gasteiger partial charge in [0.1, 0.15) is 6.04 Å². The number of rotatable bonds is 8. The van der Waals surface area contributed by atoms with E-state index < -0.39 is 0 Å². The first-order valence-electron chi connectivity index (χ1n) is 11.4. The van der Waals surface area contributed by atoms with Crippen molar-refractivity contribution < 1.29 is 19.1 Å². The highest BCUT2D eigenvalue weighted by Crippen LogP contribution is 2.31. The number of thioether (sulfide) groups is 1. The van der Waals surface area contributed by atoms with Crippen molar-refractivity contribution in [3.63, 3.8) is 0 Å². The molecule has 3 amide bonds. The first kappa shape index (κ1) is 24.5. The highest BCUT2D eigenvalue weighted by atomic mass is 32.2. The average molecular weight is 463 g/mol. The van der Waals surface area contributed by atoms with E-state index in [0.29, 0.717) is 50.0 Å². The Morgan fingerprint density at radius 2 is 1.97 bits per heavy atom. The monoisotopic (exact) mass is 462 g/mol. The lowest BCUT2D eigenvalue weighted by Gasteiger charge is -2.35. The molecule has 0 saturated carbocycles. The molecule has 176 valence electrons. The first-order valence-corrected chi connectivity index (χ1v) is 12.5. The summed E-state index contributed by atoms with van der Waals surface area (Å²) < 4.78 is 5.44. The van der Waals surface area contributed by atoms with E-state index in [0.717, 1.165) is 30.7 Å². The van der Waals surface area contributed by atoms with Gasteiger partial charge in [-0.15, -0.1) is 11.8 Å². The highest BCUT2D eigenvalue weighted by molar-refractivity contribution is 7.99. The van der Waals surface area contributed by atoms with Gasteiger partial charge in [-0.05, 0) is 38.3 Å². The Morgan fingerprint density at radius 3 is 2.66 bits per heavy atom. The molecule has 0 aliphatic carbocycles. The van der Waals surface area contributed by atoms with Gasteiger partial charge in [-0.1, -0.05) is 6.92 Å². The number of amides is 3. The van der Waals surface area contributed by atoms with Crippen molar-refractivity contribution in [2.24, 2.45) is 0 Å². The van der Waals surface area contributed by atoms with Crippen LogP contribution < -0.4 is 5.32 Å². The van der Waals surface area contributed by atoms with Crippen molar-refractivity contribution in [1.29, 1.82) is 0 Å². The minimum Gasteiger partial charge on any atom is -0.380 e. The molecule has 3 heterocycles. The lowest BCUT2D eigenvalue weighted by Crippen LogP contribution is -2.50. The van der Waals surface area contributed by atoms with Crippen LogP contribution in [0.2, 0.25) is 0 Å². The molecule has 1 aromatic heterocycles. The van der Waals surface area contributed by atoms with Crippen molar-refractivity contribution >= 4 is 29.5 Å². The highest BCUT2D eigenvalue weighted by Gasteiger charge is 2.37. The second kappa shape index (κ2) is 11.7. The van der Waals surface area contributed by atoms with E-state index in [1.54, 1.807) is 16.7 Å². The summed E-state index contributed by atoms with van der Waals surface area (Å²) in [6, 6.07) is 3.35. The SMILES string of the molecule is CCCOCCNC(=O)c1ccc(C)nc1C1CCN(C(=O)C2CSCN2C(C)=O)CC1. The summed E-state index contributed by atoms with van der Waals surface area (Å²) >= 11 is 1.62. The van der Waals surface area contributed by atoms with E-state index in [9.17, 15) is 14.4 Å². The van der Waals surface area contributed by atoms with E-state index in [2.05, 4.69) is 5.32 Å². The second-order valence-electron chi connectivity index (χ2n) is 8.36. The van der Waals surface area contributed by atoms with Crippen LogP contribution in [-0.4, -0.2) is 83.0 Å². The molecule has 0 bridgehead atoms. The lowest BCUT2D eigenvalue weighted by molar-refractivity contribution is -0.143. The smallest absolute Gasteiger partial charge is 0.253 e. The Hall–Kier alpha value is -2.13. The molecule has 1 aromatic rings. The third-order valence-electron chi connectivity index (χ3n) is 5.95. The summed E-state index contributed by atoms with van der Waals surface area (Å²) in [7, 11) is 0. The summed E-state index contributed by atoms with van der Waals surface area (Å²) in [6.07, 6.45) is 2.46. The molecule has 2 aliphatic rings. The summed E-state index contributed by atoms with van der Waals surface area (Å²) in [5.74, 6) is 1.21. The van der Waals surface area contributed by atoms with E-state index in [1.807, 2.05) is 30.9 Å². The number of carbonyl (C=O) groups excluding carboxylic acids is 3. The number of hydrogen-bond acceptors (Lipinski definition) is 6. The van der Waals surface area contributed by atoms with Gasteiger partial charge in [0.25, 0.3) is 5.91 Å². The van der Waals surface area contributed by atoms with E-state index in [1.165, 1.54) is 6.92 Å². The van der Waals surface area contributed by atoms with Gasteiger partial charge in [-0.25, -0.2) is 0 Å². The molecular weight excluding hydrogens is 428 g/mol. The molecule has 0 radical (unpaired) electrons. The van der Waals surface area contributed by atoms with Gasteiger partial charge in [0.2, 0.25) is 11.8 Å². The van der Waals surface area contributed by atoms with Crippen LogP contribution >= 0.6 is 11.8 Å². The van der Waals surface area contributed by atoms with Gasteiger partial charge in [0, 0.05) is 50.5 Å². The Labute approximate surface area is 194 Å². The third kappa shape index (κ3) is 6.01. The predicted molar refractivity (Wildman–Crippen MR) is 125 cm³/mol. The van der Waals surface area contributed by atoms with Crippen LogP contribution in [-0.2, 0) is 14.3 Å². The zero-order valence-corrected chi connectivity index (χ0v) is 20.1. The van der Waals surface area contributed by atoms with Crippen molar-refractivity contribution in [3.8, 4) is 0 Å². The molecular formula is C23H34N4O4S. The molecule has 8 nitrogen and oxygen atoms in total. The fraction of sp³-hybridized carbons (Fsp3) is 0.652. The van der Waals surface area contributed by atoms with Crippen LogP contribution in [0.25, 0.3) is 0 Å². The Morgan fingerprint density at radius 1 is 1.22 bits per heavy atom. The summed E-state index contributed by atoms with van der Waals surface area (Å²) in [5.41, 5.74) is 2.29. The summed E-state index contributed by atoms with van der Waals surface area (Å²) in [5, 5.41) is 2.93. The zero-order valence-electron chi connectivity index (χ0n) is 19.3. The van der Waals surface area contributed by atoms with Crippen LogP contribution in [0.4, 0.5) is 0 Å². The average Bonchev–Trinajstić information content (AvgIpc) is 3.29. The first-order chi connectivity index (χ1) is 15.4. The molecule has 0 spiro atoms. The summed E-state index contributed by atoms with van der Waals surface area (Å²) in [4.78, 5) is 45.9.